The SMILES string of the molecule is Cc1nc(-c2ccccc2)ncc1C(=O)N(C)CC1(O)CCCC1. The maximum absolute atomic E-state index is 12.7. The van der Waals surface area contributed by atoms with Crippen molar-refractivity contribution in [2.45, 2.75) is 38.2 Å². The van der Waals surface area contributed by atoms with Crippen molar-refractivity contribution in [3.05, 3.63) is 47.8 Å². The van der Waals surface area contributed by atoms with E-state index in [9.17, 15) is 9.90 Å². The maximum atomic E-state index is 12.7. The standard InChI is InChI=1S/C19H23N3O2/c1-14-16(12-20-17(21-14)15-8-4-3-5-9-15)18(23)22(2)13-19(24)10-6-7-11-19/h3-5,8-9,12,24H,6-7,10-11,13H2,1-2H3. The minimum absolute atomic E-state index is 0.146. The van der Waals surface area contributed by atoms with Gasteiger partial charge in [-0.1, -0.05) is 43.2 Å². The highest BCUT2D eigenvalue weighted by Gasteiger charge is 2.34. The summed E-state index contributed by atoms with van der Waals surface area (Å²) in [5.41, 5.74) is 1.31. The van der Waals surface area contributed by atoms with E-state index in [2.05, 4.69) is 9.97 Å². The second kappa shape index (κ2) is 6.69. The lowest BCUT2D eigenvalue weighted by Crippen LogP contribution is -2.42. The lowest BCUT2D eigenvalue weighted by atomic mass is 10.0. The molecule has 1 aliphatic carbocycles. The van der Waals surface area contributed by atoms with Crippen LogP contribution in [0.1, 0.15) is 41.7 Å². The van der Waals surface area contributed by atoms with E-state index in [1.54, 1.807) is 18.1 Å². The van der Waals surface area contributed by atoms with Crippen LogP contribution in [0.5, 0.6) is 0 Å². The molecule has 1 aromatic carbocycles. The van der Waals surface area contributed by atoms with Crippen molar-refractivity contribution >= 4 is 5.91 Å². The van der Waals surface area contributed by atoms with Crippen LogP contribution < -0.4 is 0 Å². The van der Waals surface area contributed by atoms with Crippen LogP contribution in [0, 0.1) is 6.92 Å². The van der Waals surface area contributed by atoms with Crippen molar-refractivity contribution in [3.63, 3.8) is 0 Å². The molecule has 1 aliphatic rings. The fraction of sp³-hybridized carbons (Fsp3) is 0.421. The number of aliphatic hydroxyl groups is 1. The Morgan fingerprint density at radius 1 is 1.25 bits per heavy atom. The Bertz CT molecular complexity index is 725. The monoisotopic (exact) mass is 325 g/mol. The molecule has 0 aliphatic heterocycles. The molecule has 1 N–H and O–H groups in total. The van der Waals surface area contributed by atoms with Gasteiger partial charge in [-0.05, 0) is 19.8 Å². The van der Waals surface area contributed by atoms with E-state index in [1.165, 1.54) is 0 Å². The number of aryl methyl sites for hydroxylation is 1. The van der Waals surface area contributed by atoms with Gasteiger partial charge in [0.25, 0.3) is 5.91 Å². The quantitative estimate of drug-likeness (QED) is 0.939. The van der Waals surface area contributed by atoms with E-state index in [-0.39, 0.29) is 5.91 Å². The van der Waals surface area contributed by atoms with E-state index in [0.29, 0.717) is 23.6 Å². The number of aromatic nitrogens is 2. The zero-order valence-corrected chi connectivity index (χ0v) is 14.2. The molecule has 0 atom stereocenters. The number of likely N-dealkylation sites (N-methyl/N-ethyl adjacent to an activating group) is 1. The zero-order chi connectivity index (χ0) is 17.2. The fourth-order valence-corrected chi connectivity index (χ4v) is 3.31. The first-order chi connectivity index (χ1) is 11.5. The van der Waals surface area contributed by atoms with Crippen LogP contribution >= 0.6 is 0 Å². The third-order valence-corrected chi connectivity index (χ3v) is 4.65. The highest BCUT2D eigenvalue weighted by molar-refractivity contribution is 5.95. The number of carbonyl (C=O) groups is 1. The molecule has 1 amide bonds. The van der Waals surface area contributed by atoms with Gasteiger partial charge in [-0.15, -0.1) is 0 Å². The smallest absolute Gasteiger partial charge is 0.257 e. The molecule has 1 fully saturated rings. The van der Waals surface area contributed by atoms with Gasteiger partial charge in [-0.25, -0.2) is 9.97 Å². The third-order valence-electron chi connectivity index (χ3n) is 4.65. The molecular weight excluding hydrogens is 302 g/mol. The third kappa shape index (κ3) is 3.46. The summed E-state index contributed by atoms with van der Waals surface area (Å²) in [7, 11) is 1.73. The molecule has 0 saturated heterocycles. The Kier molecular flexibility index (Phi) is 4.62. The van der Waals surface area contributed by atoms with Crippen LogP contribution in [0.4, 0.5) is 0 Å². The van der Waals surface area contributed by atoms with Crippen LogP contribution in [0.15, 0.2) is 36.5 Å². The second-order valence-corrected chi connectivity index (χ2v) is 6.65. The van der Waals surface area contributed by atoms with E-state index in [0.717, 1.165) is 31.2 Å². The fourth-order valence-electron chi connectivity index (χ4n) is 3.31. The van der Waals surface area contributed by atoms with Crippen molar-refractivity contribution in [3.8, 4) is 11.4 Å². The first-order valence-corrected chi connectivity index (χ1v) is 8.35. The predicted octanol–water partition coefficient (Wildman–Crippen LogP) is 2.83. The molecule has 5 nitrogen and oxygen atoms in total. The topological polar surface area (TPSA) is 66.3 Å². The Labute approximate surface area is 142 Å². The average molecular weight is 325 g/mol. The lowest BCUT2D eigenvalue weighted by molar-refractivity contribution is 0.0156. The van der Waals surface area contributed by atoms with Gasteiger partial charge in [0, 0.05) is 25.4 Å². The lowest BCUT2D eigenvalue weighted by Gasteiger charge is -2.28. The first kappa shape index (κ1) is 16.6. The number of rotatable bonds is 4. The van der Waals surface area contributed by atoms with E-state index in [4.69, 9.17) is 0 Å². The van der Waals surface area contributed by atoms with Gasteiger partial charge in [-0.2, -0.15) is 0 Å². The molecule has 1 heterocycles. The van der Waals surface area contributed by atoms with Gasteiger partial charge in [0.1, 0.15) is 0 Å². The largest absolute Gasteiger partial charge is 0.388 e. The van der Waals surface area contributed by atoms with E-state index < -0.39 is 5.60 Å². The van der Waals surface area contributed by atoms with Gasteiger partial charge >= 0.3 is 0 Å². The molecule has 0 unspecified atom stereocenters. The summed E-state index contributed by atoms with van der Waals surface area (Å²) in [6.45, 7) is 2.17. The maximum Gasteiger partial charge on any atom is 0.257 e. The first-order valence-electron chi connectivity index (χ1n) is 8.35. The molecule has 5 heteroatoms. The summed E-state index contributed by atoms with van der Waals surface area (Å²) >= 11 is 0. The molecule has 2 aromatic rings. The number of amides is 1. The number of hydrogen-bond donors (Lipinski definition) is 1. The Morgan fingerprint density at radius 3 is 2.54 bits per heavy atom. The van der Waals surface area contributed by atoms with Gasteiger partial charge in [0.2, 0.25) is 0 Å². The second-order valence-electron chi connectivity index (χ2n) is 6.65. The molecule has 0 spiro atoms. The Balaban J connectivity index is 1.77. The summed E-state index contributed by atoms with van der Waals surface area (Å²) in [6, 6.07) is 9.69. The molecule has 24 heavy (non-hydrogen) atoms. The zero-order valence-electron chi connectivity index (χ0n) is 14.2. The number of hydrogen-bond acceptors (Lipinski definition) is 4. The Morgan fingerprint density at radius 2 is 1.92 bits per heavy atom. The van der Waals surface area contributed by atoms with Crippen LogP contribution in [-0.2, 0) is 0 Å². The van der Waals surface area contributed by atoms with Gasteiger partial charge in [0.05, 0.1) is 16.9 Å². The van der Waals surface area contributed by atoms with Crippen molar-refractivity contribution < 1.29 is 9.90 Å². The minimum atomic E-state index is -0.747. The summed E-state index contributed by atoms with van der Waals surface area (Å²) in [5, 5.41) is 10.5. The van der Waals surface area contributed by atoms with E-state index >= 15 is 0 Å². The van der Waals surface area contributed by atoms with Crippen molar-refractivity contribution in [1.29, 1.82) is 0 Å². The summed E-state index contributed by atoms with van der Waals surface area (Å²) in [5.74, 6) is 0.467. The van der Waals surface area contributed by atoms with Gasteiger partial charge in [0.15, 0.2) is 5.82 Å². The highest BCUT2D eigenvalue weighted by Crippen LogP contribution is 2.30. The molecule has 1 aromatic heterocycles. The van der Waals surface area contributed by atoms with Gasteiger partial charge < -0.3 is 10.0 Å². The van der Waals surface area contributed by atoms with Crippen molar-refractivity contribution in [1.82, 2.24) is 14.9 Å². The predicted molar refractivity (Wildman–Crippen MR) is 92.6 cm³/mol. The number of nitrogens with zero attached hydrogens (tertiary/aromatic N) is 3. The van der Waals surface area contributed by atoms with Crippen LogP contribution in [-0.4, -0.2) is 45.1 Å². The number of benzene rings is 1. The molecular formula is C19H23N3O2. The molecule has 0 bridgehead atoms. The molecule has 3 rings (SSSR count). The van der Waals surface area contributed by atoms with Crippen LogP contribution in [0.25, 0.3) is 11.4 Å². The van der Waals surface area contributed by atoms with Crippen molar-refractivity contribution in [2.75, 3.05) is 13.6 Å². The van der Waals surface area contributed by atoms with Crippen molar-refractivity contribution in [2.24, 2.45) is 0 Å². The van der Waals surface area contributed by atoms with Crippen LogP contribution in [0.3, 0.4) is 0 Å². The highest BCUT2D eigenvalue weighted by atomic mass is 16.3. The average Bonchev–Trinajstić information content (AvgIpc) is 3.01. The van der Waals surface area contributed by atoms with E-state index in [1.807, 2.05) is 37.3 Å². The summed E-state index contributed by atoms with van der Waals surface area (Å²) in [6.07, 6.45) is 5.14. The molecule has 0 radical (unpaired) electrons. The summed E-state index contributed by atoms with van der Waals surface area (Å²) < 4.78 is 0. The minimum Gasteiger partial charge on any atom is -0.388 e. The van der Waals surface area contributed by atoms with Gasteiger partial charge in [-0.3, -0.25) is 4.79 Å². The molecule has 126 valence electrons. The normalized spacial score (nSPS) is 16.1. The molecule has 1 saturated carbocycles. The summed E-state index contributed by atoms with van der Waals surface area (Å²) in [4.78, 5) is 23.1. The van der Waals surface area contributed by atoms with Crippen LogP contribution in [0.2, 0.25) is 0 Å². The Hall–Kier alpha value is -2.27. The number of carbonyl (C=O) groups excluding carboxylic acids is 1.